The van der Waals surface area contributed by atoms with E-state index in [2.05, 4.69) is 13.5 Å². The van der Waals surface area contributed by atoms with E-state index in [-0.39, 0.29) is 5.91 Å². The van der Waals surface area contributed by atoms with Gasteiger partial charge in [-0.3, -0.25) is 4.79 Å². The molecule has 0 N–H and O–H groups in total. The van der Waals surface area contributed by atoms with Crippen LogP contribution < -0.4 is 0 Å². The van der Waals surface area contributed by atoms with Gasteiger partial charge in [-0.1, -0.05) is 13.0 Å². The topological polar surface area (TPSA) is 20.3 Å². The molecule has 11 heavy (non-hydrogen) atoms. The maximum atomic E-state index is 11.2. The van der Waals surface area contributed by atoms with Crippen LogP contribution in [0.5, 0.6) is 0 Å². The van der Waals surface area contributed by atoms with Crippen LogP contribution in [0, 0.1) is 0 Å². The molecule has 0 bridgehead atoms. The summed E-state index contributed by atoms with van der Waals surface area (Å²) in [7, 11) is 1.84. The maximum absolute atomic E-state index is 11.2. The monoisotopic (exact) mass is 155 g/mol. The zero-order valence-corrected chi connectivity index (χ0v) is 7.47. The van der Waals surface area contributed by atoms with Crippen LogP contribution in [0.3, 0.4) is 0 Å². The summed E-state index contributed by atoms with van der Waals surface area (Å²) in [6.45, 7) is 6.49. The Morgan fingerprint density at radius 1 is 1.64 bits per heavy atom. The van der Waals surface area contributed by atoms with Gasteiger partial charge in [0.2, 0.25) is 5.91 Å². The summed E-state index contributed by atoms with van der Waals surface area (Å²) >= 11 is 0. The first-order chi connectivity index (χ1) is 5.22. The number of hydrogen-bond donors (Lipinski definition) is 0. The van der Waals surface area contributed by atoms with Crippen molar-refractivity contribution in [1.29, 1.82) is 0 Å². The van der Waals surface area contributed by atoms with Gasteiger partial charge in [0.15, 0.2) is 0 Å². The molecule has 0 atom stereocenters. The van der Waals surface area contributed by atoms with E-state index in [1.807, 2.05) is 7.05 Å². The number of amides is 1. The molecule has 0 aromatic carbocycles. The molecular weight excluding hydrogens is 138 g/mol. The zero-order valence-electron chi connectivity index (χ0n) is 7.47. The molecule has 0 radical (unpaired) electrons. The molecule has 0 aromatic heterocycles. The molecule has 0 fully saturated rings. The van der Waals surface area contributed by atoms with Crippen LogP contribution in [0.4, 0.5) is 0 Å². The molecule has 0 heterocycles. The molecule has 64 valence electrons. The average molecular weight is 155 g/mol. The fourth-order valence-electron chi connectivity index (χ4n) is 0.877. The van der Waals surface area contributed by atoms with Gasteiger partial charge in [0, 0.05) is 20.0 Å². The molecule has 0 spiro atoms. The van der Waals surface area contributed by atoms with Crippen molar-refractivity contribution >= 4 is 5.91 Å². The minimum absolute atomic E-state index is 0.215. The van der Waals surface area contributed by atoms with Crippen LogP contribution >= 0.6 is 0 Å². The number of carbonyl (C=O) groups excluding carboxylic acids is 1. The minimum atomic E-state index is 0.215. The van der Waals surface area contributed by atoms with E-state index in [4.69, 9.17) is 0 Å². The molecule has 2 heteroatoms. The third-order valence-electron chi connectivity index (χ3n) is 1.55. The fourth-order valence-corrected chi connectivity index (χ4v) is 0.877. The van der Waals surface area contributed by atoms with Crippen molar-refractivity contribution in [2.75, 3.05) is 13.6 Å². The lowest BCUT2D eigenvalue weighted by molar-refractivity contribution is -0.129. The molecule has 0 aromatic rings. The molecular formula is C9H17NO. The second-order valence-corrected chi connectivity index (χ2v) is 2.64. The number of nitrogens with zero attached hydrogens (tertiary/aromatic N) is 1. The lowest BCUT2D eigenvalue weighted by Gasteiger charge is -2.14. The highest BCUT2D eigenvalue weighted by molar-refractivity contribution is 5.75. The quantitative estimate of drug-likeness (QED) is 0.554. The van der Waals surface area contributed by atoms with Gasteiger partial charge in [-0.15, -0.1) is 6.58 Å². The van der Waals surface area contributed by atoms with Gasteiger partial charge in [0.1, 0.15) is 0 Å². The smallest absolute Gasteiger partial charge is 0.222 e. The molecule has 1 amide bonds. The Balaban J connectivity index is 3.54. The lowest BCUT2D eigenvalue weighted by atomic mass is 10.3. The first kappa shape index (κ1) is 10.2. The van der Waals surface area contributed by atoms with E-state index in [1.165, 1.54) is 0 Å². The molecule has 0 saturated carbocycles. The van der Waals surface area contributed by atoms with Gasteiger partial charge in [0.25, 0.3) is 0 Å². The van der Waals surface area contributed by atoms with Crippen molar-refractivity contribution < 1.29 is 4.79 Å². The fraction of sp³-hybridized carbons (Fsp3) is 0.667. The second kappa shape index (κ2) is 5.96. The third-order valence-corrected chi connectivity index (χ3v) is 1.55. The Bertz CT molecular complexity index is 132. The van der Waals surface area contributed by atoms with Crippen molar-refractivity contribution in [2.24, 2.45) is 0 Å². The predicted molar refractivity (Wildman–Crippen MR) is 47.4 cm³/mol. The van der Waals surface area contributed by atoms with Crippen molar-refractivity contribution in [3.8, 4) is 0 Å². The third kappa shape index (κ3) is 4.59. The highest BCUT2D eigenvalue weighted by Gasteiger charge is 2.04. The van der Waals surface area contributed by atoms with Crippen molar-refractivity contribution in [1.82, 2.24) is 4.90 Å². The van der Waals surface area contributed by atoms with Crippen molar-refractivity contribution in [3.05, 3.63) is 12.7 Å². The van der Waals surface area contributed by atoms with Gasteiger partial charge in [-0.2, -0.15) is 0 Å². The predicted octanol–water partition coefficient (Wildman–Crippen LogP) is 1.82. The largest absolute Gasteiger partial charge is 0.346 e. The van der Waals surface area contributed by atoms with Crippen LogP contribution in [-0.2, 0) is 4.79 Å². The maximum Gasteiger partial charge on any atom is 0.222 e. The van der Waals surface area contributed by atoms with Gasteiger partial charge >= 0.3 is 0 Å². The molecule has 0 saturated heterocycles. The summed E-state index contributed by atoms with van der Waals surface area (Å²) in [5, 5.41) is 0. The molecule has 0 aliphatic rings. The van der Waals surface area contributed by atoms with E-state index in [9.17, 15) is 4.79 Å². The Kier molecular flexibility index (Phi) is 5.53. The Labute approximate surface area is 68.9 Å². The summed E-state index contributed by atoms with van der Waals surface area (Å²) < 4.78 is 0. The first-order valence-electron chi connectivity index (χ1n) is 4.07. The standard InChI is InChI=1S/C9H17NO/c1-4-6-7-9(11)10(3)8-5-2/h4H,1,5-8H2,2-3H3. The van der Waals surface area contributed by atoms with E-state index in [0.29, 0.717) is 6.42 Å². The van der Waals surface area contributed by atoms with Gasteiger partial charge in [-0.25, -0.2) is 0 Å². The lowest BCUT2D eigenvalue weighted by Crippen LogP contribution is -2.26. The van der Waals surface area contributed by atoms with E-state index in [1.54, 1.807) is 11.0 Å². The van der Waals surface area contributed by atoms with Crippen LogP contribution in [-0.4, -0.2) is 24.4 Å². The zero-order chi connectivity index (χ0) is 8.69. The van der Waals surface area contributed by atoms with Gasteiger partial charge in [-0.05, 0) is 12.8 Å². The highest BCUT2D eigenvalue weighted by Crippen LogP contribution is 1.96. The van der Waals surface area contributed by atoms with E-state index < -0.39 is 0 Å². The van der Waals surface area contributed by atoms with Crippen LogP contribution in [0.2, 0.25) is 0 Å². The van der Waals surface area contributed by atoms with Crippen LogP contribution in [0.15, 0.2) is 12.7 Å². The summed E-state index contributed by atoms with van der Waals surface area (Å²) in [6.07, 6.45) is 4.18. The number of allylic oxidation sites excluding steroid dienone is 1. The second-order valence-electron chi connectivity index (χ2n) is 2.64. The van der Waals surface area contributed by atoms with Crippen molar-refractivity contribution in [3.63, 3.8) is 0 Å². The summed E-state index contributed by atoms with van der Waals surface area (Å²) in [4.78, 5) is 12.9. The Morgan fingerprint density at radius 3 is 2.73 bits per heavy atom. The molecule has 0 aliphatic carbocycles. The van der Waals surface area contributed by atoms with Gasteiger partial charge < -0.3 is 4.90 Å². The number of rotatable bonds is 5. The first-order valence-corrected chi connectivity index (χ1v) is 4.07. The van der Waals surface area contributed by atoms with Gasteiger partial charge in [0.05, 0.1) is 0 Å². The van der Waals surface area contributed by atoms with E-state index >= 15 is 0 Å². The highest BCUT2D eigenvalue weighted by atomic mass is 16.2. The Morgan fingerprint density at radius 2 is 2.27 bits per heavy atom. The molecule has 0 aliphatic heterocycles. The minimum Gasteiger partial charge on any atom is -0.346 e. The summed E-state index contributed by atoms with van der Waals surface area (Å²) in [6, 6.07) is 0. The van der Waals surface area contributed by atoms with Crippen LogP contribution in [0.1, 0.15) is 26.2 Å². The summed E-state index contributed by atoms with van der Waals surface area (Å²) in [5.41, 5.74) is 0. The Hall–Kier alpha value is -0.790. The normalized spacial score (nSPS) is 9.27. The van der Waals surface area contributed by atoms with Crippen molar-refractivity contribution in [2.45, 2.75) is 26.2 Å². The molecule has 0 rings (SSSR count). The average Bonchev–Trinajstić information content (AvgIpc) is 2.00. The molecule has 2 nitrogen and oxygen atoms in total. The number of carbonyl (C=O) groups is 1. The summed E-state index contributed by atoms with van der Waals surface area (Å²) in [5.74, 6) is 0.215. The molecule has 0 unspecified atom stereocenters. The van der Waals surface area contributed by atoms with E-state index in [0.717, 1.165) is 19.4 Å². The SMILES string of the molecule is C=CCCC(=O)N(C)CCC. The number of hydrogen-bond acceptors (Lipinski definition) is 1. The van der Waals surface area contributed by atoms with Crippen LogP contribution in [0.25, 0.3) is 0 Å².